The van der Waals surface area contributed by atoms with Gasteiger partial charge in [-0.2, -0.15) is 11.8 Å². The summed E-state index contributed by atoms with van der Waals surface area (Å²) >= 11 is 1.84. The Bertz CT molecular complexity index is 495. The van der Waals surface area contributed by atoms with E-state index in [2.05, 4.69) is 10.6 Å². The Labute approximate surface area is 147 Å². The first-order valence-electron chi connectivity index (χ1n) is 7.52. The van der Waals surface area contributed by atoms with Crippen LogP contribution in [0.4, 0.5) is 0 Å². The van der Waals surface area contributed by atoms with Gasteiger partial charge in [-0.25, -0.2) is 4.79 Å². The first-order valence-corrected chi connectivity index (χ1v) is 8.68. The number of rotatable bonds is 6. The largest absolute Gasteiger partial charge is 0.464 e. The number of halogens is 1. The predicted octanol–water partition coefficient (Wildman–Crippen LogP) is 1.92. The Kier molecular flexibility index (Phi) is 9.06. The summed E-state index contributed by atoms with van der Waals surface area (Å²) in [5.74, 6) is 1.44. The van der Waals surface area contributed by atoms with Crippen LogP contribution in [-0.4, -0.2) is 42.6 Å². The topological polar surface area (TPSA) is 67.4 Å². The Morgan fingerprint density at radius 3 is 2.74 bits per heavy atom. The van der Waals surface area contributed by atoms with Gasteiger partial charge in [0.15, 0.2) is 6.04 Å². The van der Waals surface area contributed by atoms with Gasteiger partial charge in [0.1, 0.15) is 0 Å². The molecular formula is C16H23ClN2O3S. The average Bonchev–Trinajstić information content (AvgIpc) is 2.54. The van der Waals surface area contributed by atoms with Gasteiger partial charge in [0.25, 0.3) is 0 Å². The number of hydrogen-bond donors (Lipinski definition) is 2. The van der Waals surface area contributed by atoms with Crippen LogP contribution in [0, 0.1) is 0 Å². The number of ether oxygens (including phenoxy) is 1. The molecule has 0 aromatic heterocycles. The highest BCUT2D eigenvalue weighted by atomic mass is 35.5. The molecule has 0 aliphatic carbocycles. The van der Waals surface area contributed by atoms with Crippen molar-refractivity contribution < 1.29 is 14.3 Å². The number of nitrogens with one attached hydrogen (secondary N) is 2. The summed E-state index contributed by atoms with van der Waals surface area (Å²) in [6, 6.07) is 8.60. The molecule has 1 amide bonds. The number of thioether (sulfide) groups is 1. The number of carbonyl (C=O) groups is 2. The van der Waals surface area contributed by atoms with Crippen molar-refractivity contribution in [1.82, 2.24) is 10.6 Å². The second-order valence-corrected chi connectivity index (χ2v) is 6.24. The molecule has 1 aliphatic heterocycles. The van der Waals surface area contributed by atoms with E-state index in [9.17, 15) is 9.59 Å². The van der Waals surface area contributed by atoms with Gasteiger partial charge in [0, 0.05) is 30.5 Å². The van der Waals surface area contributed by atoms with E-state index in [0.717, 1.165) is 23.6 Å². The van der Waals surface area contributed by atoms with Gasteiger partial charge in [0.05, 0.1) is 6.61 Å². The lowest BCUT2D eigenvalue weighted by atomic mass is 10.1. The van der Waals surface area contributed by atoms with Crippen LogP contribution in [0.3, 0.4) is 0 Å². The number of benzene rings is 1. The van der Waals surface area contributed by atoms with Crippen molar-refractivity contribution in [3.05, 3.63) is 35.9 Å². The van der Waals surface area contributed by atoms with E-state index in [4.69, 9.17) is 4.74 Å². The fraction of sp³-hybridized carbons (Fsp3) is 0.500. The van der Waals surface area contributed by atoms with Crippen molar-refractivity contribution in [3.63, 3.8) is 0 Å². The van der Waals surface area contributed by atoms with Crippen molar-refractivity contribution in [1.29, 1.82) is 0 Å². The summed E-state index contributed by atoms with van der Waals surface area (Å²) in [5, 5.41) is 6.12. The minimum absolute atomic E-state index is 0. The van der Waals surface area contributed by atoms with Gasteiger partial charge in [-0.3, -0.25) is 4.79 Å². The molecule has 5 nitrogen and oxygen atoms in total. The molecule has 0 radical (unpaired) electrons. The van der Waals surface area contributed by atoms with Crippen molar-refractivity contribution in [3.8, 4) is 0 Å². The predicted molar refractivity (Wildman–Crippen MR) is 94.9 cm³/mol. The van der Waals surface area contributed by atoms with E-state index in [1.165, 1.54) is 0 Å². The molecule has 1 saturated heterocycles. The Morgan fingerprint density at radius 2 is 2.13 bits per heavy atom. The first kappa shape index (κ1) is 19.8. The van der Waals surface area contributed by atoms with E-state index in [-0.39, 0.29) is 24.4 Å². The molecule has 128 valence electrons. The molecular weight excluding hydrogens is 336 g/mol. The average molecular weight is 359 g/mol. The maximum absolute atomic E-state index is 12.2. The van der Waals surface area contributed by atoms with E-state index >= 15 is 0 Å². The molecule has 1 unspecified atom stereocenters. The highest BCUT2D eigenvalue weighted by Crippen LogP contribution is 2.16. The van der Waals surface area contributed by atoms with E-state index < -0.39 is 12.0 Å². The van der Waals surface area contributed by atoms with Gasteiger partial charge in [-0.05, 0) is 12.5 Å². The molecule has 1 fully saturated rings. The number of amides is 1. The number of esters is 1. The maximum Gasteiger partial charge on any atom is 0.333 e. The van der Waals surface area contributed by atoms with Crippen LogP contribution in [-0.2, 0) is 14.3 Å². The van der Waals surface area contributed by atoms with E-state index in [0.29, 0.717) is 13.0 Å². The summed E-state index contributed by atoms with van der Waals surface area (Å²) in [4.78, 5) is 24.4. The normalized spacial score (nSPS) is 18.4. The molecule has 7 heteroatoms. The molecule has 0 spiro atoms. The second kappa shape index (κ2) is 10.5. The van der Waals surface area contributed by atoms with Gasteiger partial charge < -0.3 is 15.4 Å². The molecule has 1 heterocycles. The van der Waals surface area contributed by atoms with Crippen LogP contribution in [0.2, 0.25) is 0 Å². The van der Waals surface area contributed by atoms with Crippen LogP contribution in [0.1, 0.15) is 24.9 Å². The fourth-order valence-corrected chi connectivity index (χ4v) is 3.29. The fourth-order valence-electron chi connectivity index (χ4n) is 2.34. The van der Waals surface area contributed by atoms with Gasteiger partial charge in [-0.1, -0.05) is 30.3 Å². The van der Waals surface area contributed by atoms with Crippen molar-refractivity contribution in [2.75, 3.05) is 24.7 Å². The summed E-state index contributed by atoms with van der Waals surface area (Å²) in [5.41, 5.74) is 0.736. The lowest BCUT2D eigenvalue weighted by Gasteiger charge is -2.24. The van der Waals surface area contributed by atoms with Crippen LogP contribution in [0.15, 0.2) is 30.3 Å². The summed E-state index contributed by atoms with van der Waals surface area (Å²) < 4.78 is 5.08. The molecule has 2 N–H and O–H groups in total. The lowest BCUT2D eigenvalue weighted by molar-refractivity contribution is -0.147. The summed E-state index contributed by atoms with van der Waals surface area (Å²) in [7, 11) is 0. The van der Waals surface area contributed by atoms with Gasteiger partial charge in [0.2, 0.25) is 5.91 Å². The molecule has 1 aliphatic rings. The third-order valence-electron chi connectivity index (χ3n) is 3.39. The zero-order chi connectivity index (χ0) is 15.8. The molecule has 23 heavy (non-hydrogen) atoms. The molecule has 0 saturated carbocycles. The Hall–Kier alpha value is -1.24. The van der Waals surface area contributed by atoms with Gasteiger partial charge >= 0.3 is 5.97 Å². The van der Waals surface area contributed by atoms with Crippen molar-refractivity contribution in [2.24, 2.45) is 0 Å². The highest BCUT2D eigenvalue weighted by molar-refractivity contribution is 7.99. The van der Waals surface area contributed by atoms with E-state index in [1.54, 1.807) is 6.92 Å². The van der Waals surface area contributed by atoms with Crippen LogP contribution in [0.25, 0.3) is 0 Å². The van der Waals surface area contributed by atoms with Crippen LogP contribution in [0.5, 0.6) is 0 Å². The zero-order valence-electron chi connectivity index (χ0n) is 13.1. The number of carbonyl (C=O) groups excluding carboxylic acids is 2. The first-order chi connectivity index (χ1) is 10.7. The molecule has 2 rings (SSSR count). The smallest absolute Gasteiger partial charge is 0.333 e. The molecule has 2 atom stereocenters. The third-order valence-corrected chi connectivity index (χ3v) is 4.52. The Balaban J connectivity index is 0.00000264. The summed E-state index contributed by atoms with van der Waals surface area (Å²) in [6.45, 7) is 2.96. The number of hydrogen-bond acceptors (Lipinski definition) is 5. The molecule has 0 bridgehead atoms. The van der Waals surface area contributed by atoms with E-state index in [1.807, 2.05) is 42.1 Å². The quantitative estimate of drug-likeness (QED) is 0.760. The van der Waals surface area contributed by atoms with Gasteiger partial charge in [-0.15, -0.1) is 12.4 Å². The molecule has 1 aromatic carbocycles. The standard InChI is InChI=1S/C16H22N2O3S.ClH/c1-2-21-16(20)15(12-6-4-3-5-7-12)18-14(19)10-13-11-22-9-8-17-13;/h3-7,13,15,17H,2,8-11H2,1H3,(H,18,19);1H/t13?,15-;/m1./s1. The third kappa shape index (κ3) is 6.41. The second-order valence-electron chi connectivity index (χ2n) is 5.09. The Morgan fingerprint density at radius 1 is 1.39 bits per heavy atom. The zero-order valence-corrected chi connectivity index (χ0v) is 14.8. The van der Waals surface area contributed by atoms with Crippen LogP contribution >= 0.6 is 24.2 Å². The van der Waals surface area contributed by atoms with Crippen molar-refractivity contribution in [2.45, 2.75) is 25.4 Å². The SMILES string of the molecule is CCOC(=O)[C@H](NC(=O)CC1CSCCN1)c1ccccc1.Cl. The molecule has 1 aromatic rings. The lowest BCUT2D eigenvalue weighted by Crippen LogP contribution is -2.43. The minimum atomic E-state index is -0.745. The highest BCUT2D eigenvalue weighted by Gasteiger charge is 2.25. The summed E-state index contributed by atoms with van der Waals surface area (Å²) in [6.07, 6.45) is 0.371. The minimum Gasteiger partial charge on any atom is -0.464 e. The van der Waals surface area contributed by atoms with Crippen molar-refractivity contribution >= 4 is 36.0 Å². The van der Waals surface area contributed by atoms with Crippen LogP contribution < -0.4 is 10.6 Å². The maximum atomic E-state index is 12.2. The monoisotopic (exact) mass is 358 g/mol.